The first-order valence-electron chi connectivity index (χ1n) is 18.9. The van der Waals surface area contributed by atoms with Crippen LogP contribution in [0.1, 0.15) is 53.2 Å². The molecule has 0 radical (unpaired) electrons. The molecule has 2 unspecified atom stereocenters. The van der Waals surface area contributed by atoms with E-state index in [1.807, 2.05) is 0 Å². The number of anilines is 3. The first kappa shape index (κ1) is 46.2. The molecular formula is C40H43F3N6O11S. The number of nitrogens with zero attached hydrogens (tertiary/aromatic N) is 2. The number of fused-ring (bicyclic) bond motifs is 1. The molecule has 2 aliphatic rings. The van der Waals surface area contributed by atoms with Crippen molar-refractivity contribution in [3.05, 3.63) is 82.9 Å². The van der Waals surface area contributed by atoms with Crippen LogP contribution in [0.3, 0.4) is 0 Å². The highest BCUT2D eigenvalue weighted by atomic mass is 32.2. The molecule has 5 rings (SSSR count). The molecule has 1 fully saturated rings. The van der Waals surface area contributed by atoms with Crippen molar-refractivity contribution in [3.8, 4) is 6.07 Å². The second kappa shape index (κ2) is 20.1. The number of carbonyl (C=O) groups excluding carboxylic acids is 5. The Balaban J connectivity index is 0.922. The highest BCUT2D eigenvalue weighted by Crippen LogP contribution is 2.34. The Morgan fingerprint density at radius 2 is 1.59 bits per heavy atom. The average molecular weight is 873 g/mol. The number of halogens is 3. The predicted molar refractivity (Wildman–Crippen MR) is 211 cm³/mol. The van der Waals surface area contributed by atoms with Crippen LogP contribution in [0.25, 0.3) is 0 Å². The van der Waals surface area contributed by atoms with Crippen LogP contribution >= 0.6 is 0 Å². The summed E-state index contributed by atoms with van der Waals surface area (Å²) in [4.78, 5) is 63.4. The van der Waals surface area contributed by atoms with E-state index in [9.17, 15) is 50.7 Å². The molecule has 0 aromatic heterocycles. The lowest BCUT2D eigenvalue weighted by molar-refractivity contribution is -0.138. The van der Waals surface area contributed by atoms with E-state index in [0.717, 1.165) is 19.1 Å². The Labute approximate surface area is 348 Å². The van der Waals surface area contributed by atoms with Gasteiger partial charge in [-0.2, -0.15) is 18.4 Å². The SMILES string of the molecule is CC(O)(CS(=O)(=O)c1ccc(NCCOCCOCCOCCC(=O)Nc2cccc3c2CN(C2CCC(=O)NC2=O)C3=O)cc1)C(=O)Nc1ccc(C#N)c(C(F)(F)F)c1. The summed E-state index contributed by atoms with van der Waals surface area (Å²) < 4.78 is 82.4. The van der Waals surface area contributed by atoms with E-state index in [2.05, 4.69) is 21.3 Å². The molecule has 0 saturated carbocycles. The van der Waals surface area contributed by atoms with Crippen molar-refractivity contribution in [3.63, 3.8) is 0 Å². The summed E-state index contributed by atoms with van der Waals surface area (Å²) in [6, 6.07) is 13.5. The lowest BCUT2D eigenvalue weighted by Gasteiger charge is -2.29. The van der Waals surface area contributed by atoms with E-state index in [1.165, 1.54) is 35.2 Å². The molecule has 326 valence electrons. The standard InChI is InChI=1S/C40H43F3N6O11S/c1-39(55,38(54)46-27-6-5-25(22-44)31(21-27)40(41,42)43)24-61(56,57)28-9-7-26(8-10-28)45-14-16-59-18-20-60-19-17-58-15-13-35(51)47-32-4-2-3-29-30(32)23-49(37(29)53)33-11-12-34(50)48-36(33)52/h2-10,21,33,45,55H,11-20,23-24H2,1H3,(H,46,54)(H,47,51)(H,48,50,52). The van der Waals surface area contributed by atoms with Crippen LogP contribution in [-0.2, 0) is 55.9 Å². The van der Waals surface area contributed by atoms with Crippen molar-refractivity contribution in [1.82, 2.24) is 10.2 Å². The predicted octanol–water partition coefficient (Wildman–Crippen LogP) is 2.99. The second-order valence-corrected chi connectivity index (χ2v) is 16.2. The van der Waals surface area contributed by atoms with Crippen LogP contribution in [0.5, 0.6) is 0 Å². The maximum Gasteiger partial charge on any atom is 0.417 e. The topological polar surface area (TPSA) is 243 Å². The molecule has 5 N–H and O–H groups in total. The molecule has 0 spiro atoms. The van der Waals surface area contributed by atoms with Gasteiger partial charge in [-0.3, -0.25) is 29.3 Å². The number of piperidine rings is 1. The number of hydrogen-bond donors (Lipinski definition) is 5. The van der Waals surface area contributed by atoms with E-state index in [-0.39, 0.29) is 93.8 Å². The molecule has 3 aromatic rings. The highest BCUT2D eigenvalue weighted by molar-refractivity contribution is 7.91. The first-order chi connectivity index (χ1) is 28.9. The number of carbonyl (C=O) groups is 5. The molecule has 5 amide bonds. The third-order valence-corrected chi connectivity index (χ3v) is 11.5. The normalized spacial score (nSPS) is 16.3. The Hall–Kier alpha value is -5.92. The lowest BCUT2D eigenvalue weighted by atomic mass is 10.0. The van der Waals surface area contributed by atoms with Gasteiger partial charge in [0, 0.05) is 47.7 Å². The quantitative estimate of drug-likeness (QED) is 0.0812. The molecule has 0 aliphatic carbocycles. The van der Waals surface area contributed by atoms with Crippen LogP contribution in [0.4, 0.5) is 30.2 Å². The van der Waals surface area contributed by atoms with Crippen molar-refractivity contribution >= 4 is 56.4 Å². The van der Waals surface area contributed by atoms with Gasteiger partial charge in [0.2, 0.25) is 17.7 Å². The third-order valence-electron chi connectivity index (χ3n) is 9.53. The van der Waals surface area contributed by atoms with Crippen LogP contribution in [0, 0.1) is 11.3 Å². The molecule has 1 saturated heterocycles. The first-order valence-corrected chi connectivity index (χ1v) is 20.6. The minimum Gasteiger partial charge on any atom is -0.383 e. The fraction of sp³-hybridized carbons (Fsp3) is 0.400. The van der Waals surface area contributed by atoms with Crippen molar-refractivity contribution in [2.24, 2.45) is 0 Å². The number of aliphatic hydroxyl groups is 1. The fourth-order valence-corrected chi connectivity index (χ4v) is 8.00. The van der Waals surface area contributed by atoms with Gasteiger partial charge in [-0.25, -0.2) is 8.42 Å². The van der Waals surface area contributed by atoms with Gasteiger partial charge in [0.25, 0.3) is 11.8 Å². The summed E-state index contributed by atoms with van der Waals surface area (Å²) in [5, 5.41) is 29.8. The highest BCUT2D eigenvalue weighted by Gasteiger charge is 2.41. The summed E-state index contributed by atoms with van der Waals surface area (Å²) in [7, 11) is -4.24. The number of amides is 5. The van der Waals surface area contributed by atoms with Crippen LogP contribution in [0.15, 0.2) is 65.6 Å². The Morgan fingerprint density at radius 3 is 2.25 bits per heavy atom. The summed E-state index contributed by atoms with van der Waals surface area (Å²) >= 11 is 0. The van der Waals surface area contributed by atoms with Crippen LogP contribution in [-0.4, -0.2) is 112 Å². The number of rotatable bonds is 20. The number of hydrogen-bond acceptors (Lipinski definition) is 13. The van der Waals surface area contributed by atoms with E-state index in [4.69, 9.17) is 19.5 Å². The zero-order chi connectivity index (χ0) is 44.4. The average Bonchev–Trinajstić information content (AvgIpc) is 3.54. The van der Waals surface area contributed by atoms with Gasteiger partial charge in [-0.15, -0.1) is 0 Å². The van der Waals surface area contributed by atoms with Gasteiger partial charge >= 0.3 is 6.18 Å². The number of nitrogens with one attached hydrogen (secondary N) is 4. The molecule has 21 heteroatoms. The molecular weight excluding hydrogens is 830 g/mol. The van der Waals surface area contributed by atoms with Gasteiger partial charge in [-0.1, -0.05) is 6.07 Å². The summed E-state index contributed by atoms with van der Waals surface area (Å²) in [6.07, 6.45) is -4.47. The van der Waals surface area contributed by atoms with E-state index in [0.29, 0.717) is 35.1 Å². The smallest absolute Gasteiger partial charge is 0.383 e. The minimum absolute atomic E-state index is 0.0475. The Kier molecular flexibility index (Phi) is 15.2. The zero-order valence-corrected chi connectivity index (χ0v) is 33.6. The van der Waals surface area contributed by atoms with Gasteiger partial charge in [-0.05, 0) is 67.9 Å². The van der Waals surface area contributed by atoms with Crippen molar-refractivity contribution < 1.29 is 64.9 Å². The van der Waals surface area contributed by atoms with Gasteiger partial charge in [0.15, 0.2) is 15.4 Å². The molecule has 2 atom stereocenters. The zero-order valence-electron chi connectivity index (χ0n) is 32.8. The van der Waals surface area contributed by atoms with Crippen LogP contribution < -0.4 is 21.3 Å². The molecule has 0 bridgehead atoms. The third kappa shape index (κ3) is 12.3. The van der Waals surface area contributed by atoms with E-state index < -0.39 is 56.4 Å². The number of alkyl halides is 3. The number of ether oxygens (including phenoxy) is 3. The monoisotopic (exact) mass is 872 g/mol. The molecule has 2 aliphatic heterocycles. The number of benzene rings is 3. The maximum absolute atomic E-state index is 13.3. The van der Waals surface area contributed by atoms with Crippen molar-refractivity contribution in [2.45, 2.75) is 55.4 Å². The van der Waals surface area contributed by atoms with Crippen molar-refractivity contribution in [2.75, 3.05) is 67.9 Å². The van der Waals surface area contributed by atoms with Gasteiger partial charge < -0.3 is 40.2 Å². The largest absolute Gasteiger partial charge is 0.417 e. The van der Waals surface area contributed by atoms with Crippen LogP contribution in [0.2, 0.25) is 0 Å². The number of imide groups is 1. The van der Waals surface area contributed by atoms with Crippen molar-refractivity contribution in [1.29, 1.82) is 5.26 Å². The molecule has 61 heavy (non-hydrogen) atoms. The number of sulfone groups is 1. The minimum atomic E-state index is -4.89. The molecule has 3 aromatic carbocycles. The summed E-state index contributed by atoms with van der Waals surface area (Å²) in [5.74, 6) is -3.89. The summed E-state index contributed by atoms with van der Waals surface area (Å²) in [6.45, 7) is 2.83. The maximum atomic E-state index is 13.3. The molecule has 17 nitrogen and oxygen atoms in total. The lowest BCUT2D eigenvalue weighted by Crippen LogP contribution is -2.52. The van der Waals surface area contributed by atoms with E-state index in [1.54, 1.807) is 18.2 Å². The Morgan fingerprint density at radius 1 is 0.934 bits per heavy atom. The summed E-state index contributed by atoms with van der Waals surface area (Å²) in [5.41, 5.74) is -2.89. The number of nitriles is 1. The Bertz CT molecular complexity index is 2280. The second-order valence-electron chi connectivity index (χ2n) is 14.2. The van der Waals surface area contributed by atoms with Gasteiger partial charge in [0.05, 0.1) is 73.9 Å². The fourth-order valence-electron chi connectivity index (χ4n) is 6.41. The van der Waals surface area contributed by atoms with Gasteiger partial charge in [0.1, 0.15) is 6.04 Å². The molecule has 2 heterocycles. The van der Waals surface area contributed by atoms with E-state index >= 15 is 0 Å².